The molecule has 1 aliphatic rings. The van der Waals surface area contributed by atoms with Crippen molar-refractivity contribution in [1.29, 1.82) is 0 Å². The van der Waals surface area contributed by atoms with Gasteiger partial charge in [0.25, 0.3) is 0 Å². The fourth-order valence-electron chi connectivity index (χ4n) is 3.13. The van der Waals surface area contributed by atoms with E-state index in [1.807, 2.05) is 0 Å². The van der Waals surface area contributed by atoms with Gasteiger partial charge in [-0.2, -0.15) is 0 Å². The predicted molar refractivity (Wildman–Crippen MR) is 90.2 cm³/mol. The largest absolute Gasteiger partial charge is 0.492 e. The molecular formula is C19H31NO. The van der Waals surface area contributed by atoms with E-state index in [2.05, 4.69) is 44.3 Å². The average molecular weight is 289 g/mol. The molecule has 1 N–H and O–H groups in total. The lowest BCUT2D eigenvalue weighted by Gasteiger charge is -2.21. The minimum atomic E-state index is 0.552. The summed E-state index contributed by atoms with van der Waals surface area (Å²) in [5.74, 6) is 2.46. The lowest BCUT2D eigenvalue weighted by Crippen LogP contribution is -2.28. The highest BCUT2D eigenvalue weighted by Crippen LogP contribution is 2.23. The van der Waals surface area contributed by atoms with Crippen molar-refractivity contribution < 1.29 is 4.74 Å². The van der Waals surface area contributed by atoms with Gasteiger partial charge in [0, 0.05) is 6.54 Å². The average Bonchev–Trinajstić information content (AvgIpc) is 2.47. The molecule has 1 saturated carbocycles. The van der Waals surface area contributed by atoms with Gasteiger partial charge in [-0.3, -0.25) is 0 Å². The Morgan fingerprint density at radius 2 is 1.90 bits per heavy atom. The highest BCUT2D eigenvalue weighted by Gasteiger charge is 2.12. The third-order valence-corrected chi connectivity index (χ3v) is 4.45. The van der Waals surface area contributed by atoms with Gasteiger partial charge in [-0.15, -0.1) is 0 Å². The molecular weight excluding hydrogens is 258 g/mol. The van der Waals surface area contributed by atoms with E-state index >= 15 is 0 Å². The Bertz CT molecular complexity index is 422. The number of hydrogen-bond acceptors (Lipinski definition) is 2. The van der Waals surface area contributed by atoms with E-state index in [1.165, 1.54) is 43.2 Å². The van der Waals surface area contributed by atoms with Crippen molar-refractivity contribution in [2.24, 2.45) is 5.92 Å². The molecule has 0 amide bonds. The second-order valence-corrected chi connectivity index (χ2v) is 6.79. The molecule has 0 heterocycles. The van der Waals surface area contributed by atoms with Gasteiger partial charge in [0.1, 0.15) is 12.4 Å². The maximum Gasteiger partial charge on any atom is 0.119 e. The lowest BCUT2D eigenvalue weighted by atomic mass is 9.89. The van der Waals surface area contributed by atoms with E-state index in [1.54, 1.807) is 0 Å². The number of aryl methyl sites for hydroxylation is 1. The zero-order chi connectivity index (χ0) is 15.1. The van der Waals surface area contributed by atoms with E-state index in [9.17, 15) is 0 Å². The van der Waals surface area contributed by atoms with Crippen molar-refractivity contribution >= 4 is 0 Å². The first kappa shape index (κ1) is 16.4. The van der Waals surface area contributed by atoms with Crippen molar-refractivity contribution in [3.8, 4) is 5.75 Å². The first-order valence-electron chi connectivity index (χ1n) is 8.60. The zero-order valence-electron chi connectivity index (χ0n) is 14.0. The molecule has 0 bridgehead atoms. The highest BCUT2D eigenvalue weighted by molar-refractivity contribution is 5.35. The maximum atomic E-state index is 5.90. The van der Waals surface area contributed by atoms with E-state index in [0.29, 0.717) is 5.92 Å². The Kier molecular flexibility index (Phi) is 6.56. The fraction of sp³-hybridized carbons (Fsp3) is 0.684. The summed E-state index contributed by atoms with van der Waals surface area (Å²) in [6, 6.07) is 6.56. The van der Waals surface area contributed by atoms with Crippen LogP contribution in [0.3, 0.4) is 0 Å². The molecule has 1 aromatic carbocycles. The van der Waals surface area contributed by atoms with E-state index < -0.39 is 0 Å². The molecule has 2 nitrogen and oxygen atoms in total. The normalized spacial score (nSPS) is 16.4. The molecule has 0 saturated heterocycles. The van der Waals surface area contributed by atoms with Crippen LogP contribution < -0.4 is 10.1 Å². The molecule has 2 heteroatoms. The molecule has 2 rings (SSSR count). The minimum Gasteiger partial charge on any atom is -0.492 e. The Balaban J connectivity index is 1.68. The lowest BCUT2D eigenvalue weighted by molar-refractivity contribution is 0.294. The van der Waals surface area contributed by atoms with Crippen LogP contribution in [0.1, 0.15) is 63.0 Å². The van der Waals surface area contributed by atoms with E-state index in [-0.39, 0.29) is 0 Å². The molecule has 1 fully saturated rings. The van der Waals surface area contributed by atoms with Crippen LogP contribution in [0.15, 0.2) is 18.2 Å². The van der Waals surface area contributed by atoms with Crippen LogP contribution in [-0.2, 0) is 0 Å². The van der Waals surface area contributed by atoms with Gasteiger partial charge in [0.15, 0.2) is 0 Å². The Labute approximate surface area is 130 Å². The number of nitrogens with one attached hydrogen (secondary N) is 1. The van der Waals surface area contributed by atoms with Crippen molar-refractivity contribution in [3.05, 3.63) is 29.3 Å². The summed E-state index contributed by atoms with van der Waals surface area (Å²) in [4.78, 5) is 0. The van der Waals surface area contributed by atoms with Crippen LogP contribution in [-0.4, -0.2) is 19.7 Å². The second-order valence-electron chi connectivity index (χ2n) is 6.79. The van der Waals surface area contributed by atoms with Crippen LogP contribution in [0, 0.1) is 12.8 Å². The van der Waals surface area contributed by atoms with Gasteiger partial charge in [-0.05, 0) is 61.4 Å². The van der Waals surface area contributed by atoms with Crippen molar-refractivity contribution in [2.45, 2.75) is 58.8 Å². The number of benzene rings is 1. The summed E-state index contributed by atoms with van der Waals surface area (Å²) in [6.45, 7) is 9.46. The quantitative estimate of drug-likeness (QED) is 0.737. The SMILES string of the molecule is Cc1cc(OCCNCC2CCCCC2)cc(C(C)C)c1. The standard InChI is InChI=1S/C19H31NO/c1-15(2)18-11-16(3)12-19(13-18)21-10-9-20-14-17-7-5-4-6-8-17/h11-13,15,17,20H,4-10,14H2,1-3H3. The minimum absolute atomic E-state index is 0.552. The van der Waals surface area contributed by atoms with Gasteiger partial charge in [-0.25, -0.2) is 0 Å². The predicted octanol–water partition coefficient (Wildman–Crippen LogP) is 4.67. The first-order valence-corrected chi connectivity index (χ1v) is 8.60. The Hall–Kier alpha value is -1.02. The van der Waals surface area contributed by atoms with Crippen molar-refractivity contribution in [2.75, 3.05) is 19.7 Å². The van der Waals surface area contributed by atoms with Crippen LogP contribution in [0.25, 0.3) is 0 Å². The molecule has 0 radical (unpaired) electrons. The fourth-order valence-corrected chi connectivity index (χ4v) is 3.13. The summed E-state index contributed by atoms with van der Waals surface area (Å²) in [5, 5.41) is 3.55. The Morgan fingerprint density at radius 1 is 1.14 bits per heavy atom. The Morgan fingerprint density at radius 3 is 2.62 bits per heavy atom. The van der Waals surface area contributed by atoms with Crippen molar-refractivity contribution in [3.63, 3.8) is 0 Å². The molecule has 21 heavy (non-hydrogen) atoms. The molecule has 118 valence electrons. The van der Waals surface area contributed by atoms with Gasteiger partial charge in [-0.1, -0.05) is 39.2 Å². The molecule has 0 unspecified atom stereocenters. The van der Waals surface area contributed by atoms with Crippen molar-refractivity contribution in [1.82, 2.24) is 5.32 Å². The summed E-state index contributed by atoms with van der Waals surface area (Å²) in [7, 11) is 0. The van der Waals surface area contributed by atoms with Gasteiger partial charge >= 0.3 is 0 Å². The first-order chi connectivity index (χ1) is 10.1. The summed E-state index contributed by atoms with van der Waals surface area (Å²) in [5.41, 5.74) is 2.64. The van der Waals surface area contributed by atoms with Crippen LogP contribution in [0.5, 0.6) is 5.75 Å². The third-order valence-electron chi connectivity index (χ3n) is 4.45. The van der Waals surface area contributed by atoms with E-state index in [4.69, 9.17) is 4.74 Å². The number of ether oxygens (including phenoxy) is 1. The molecule has 0 atom stereocenters. The summed E-state index contributed by atoms with van der Waals surface area (Å²) in [6.07, 6.45) is 7.09. The molecule has 0 aliphatic heterocycles. The smallest absolute Gasteiger partial charge is 0.119 e. The number of hydrogen-bond donors (Lipinski definition) is 1. The topological polar surface area (TPSA) is 21.3 Å². The van der Waals surface area contributed by atoms with Gasteiger partial charge in [0.2, 0.25) is 0 Å². The zero-order valence-corrected chi connectivity index (χ0v) is 14.0. The van der Waals surface area contributed by atoms with Gasteiger partial charge in [0.05, 0.1) is 0 Å². The molecule has 1 aromatic rings. The second kappa shape index (κ2) is 8.43. The third kappa shape index (κ3) is 5.70. The van der Waals surface area contributed by atoms with E-state index in [0.717, 1.165) is 31.4 Å². The van der Waals surface area contributed by atoms with Gasteiger partial charge < -0.3 is 10.1 Å². The molecule has 0 aromatic heterocycles. The highest BCUT2D eigenvalue weighted by atomic mass is 16.5. The molecule has 0 spiro atoms. The van der Waals surface area contributed by atoms with Crippen LogP contribution in [0.4, 0.5) is 0 Å². The maximum absolute atomic E-state index is 5.90. The summed E-state index contributed by atoms with van der Waals surface area (Å²) < 4.78 is 5.90. The monoisotopic (exact) mass is 289 g/mol. The molecule has 1 aliphatic carbocycles. The van der Waals surface area contributed by atoms with Crippen LogP contribution in [0.2, 0.25) is 0 Å². The summed E-state index contributed by atoms with van der Waals surface area (Å²) >= 11 is 0. The number of rotatable bonds is 7. The van der Waals surface area contributed by atoms with Crippen LogP contribution >= 0.6 is 0 Å².